The Bertz CT molecular complexity index is 4420. The molecule has 2 fully saturated rings. The maximum Gasteiger partial charge on any atom is 0.325 e. The smallest absolute Gasteiger partial charge is 0.325 e. The highest BCUT2D eigenvalue weighted by atomic mass is 16.7. The summed E-state index contributed by atoms with van der Waals surface area (Å²) >= 11 is 0. The fourth-order valence-corrected chi connectivity index (χ4v) is 14.5. The Morgan fingerprint density at radius 3 is 0.892 bits per heavy atom. The van der Waals surface area contributed by atoms with Gasteiger partial charge in [-0.15, -0.1) is 0 Å². The van der Waals surface area contributed by atoms with Gasteiger partial charge < -0.3 is 208 Å². The Morgan fingerprint density at radius 1 is 0.324 bits per heavy atom. The number of nitrogens with one attached hydrogen (secondary N) is 18. The zero-order chi connectivity index (χ0) is 113. The molecular formula is C87H151N21O40. The van der Waals surface area contributed by atoms with E-state index in [0.29, 0.717) is 0 Å². The molecule has 0 aromatic rings. The van der Waals surface area contributed by atoms with Crippen LogP contribution in [0.2, 0.25) is 0 Å². The number of aliphatic hydroxyl groups excluding tert-OH is 12. The lowest BCUT2D eigenvalue weighted by Gasteiger charge is -2.45. The molecule has 37 N–H and O–H groups in total. The molecule has 0 aliphatic carbocycles. The van der Waals surface area contributed by atoms with Crippen LogP contribution in [0.25, 0.3) is 0 Å². The average Bonchev–Trinajstić information content (AvgIpc) is 0.791. The molecule has 0 aromatic heterocycles. The highest BCUT2D eigenvalue weighted by Gasteiger charge is 2.52. The summed E-state index contributed by atoms with van der Waals surface area (Å²) in [5, 5.41) is 179. The number of aliphatic carboxylic acids is 1. The number of aliphatic hydroxyl groups is 12. The SMILES string of the molecule is CC(=O)NC(CO)[C@H](O[C@@H](C)C(=O)N[C@@H](C)C(=O)N[C@@H](CCC(=O)N[C@@H](CCCCNC(=O)[C@H](C)NC(=O)[C@H](C)NC(=O)[C@H](C)NC(=O)[C@H](CCCCNC(=O)[C@H](C)NC(=O)[C@H](C)N)NC(=O)CC[C@H](NC(=O)[C@H](C)NC(=O)[C@H](C)O[C@@H](C(CO)NC(C)=O)[C@H](O[C@@H]1O[C@H](CO)[C@@H](O)[C@H](O)[C@H]1NC(C)=O)[C@H](O)CO)C(N)=O)C(=O)N[C@@H](C)C(=O)N[C@@H](C)C(=O)O)C(N)=O)[C@H](O[C@@H]1O[C@H](CO)[C@@H](O)[C@H](O)[C@H]1NC(C)=O)[C@H](O)CO. The maximum atomic E-state index is 14.1. The van der Waals surface area contributed by atoms with E-state index in [1.54, 1.807) is 0 Å². The third-order valence-corrected chi connectivity index (χ3v) is 23.1. The quantitative estimate of drug-likeness (QED) is 0.0251. The van der Waals surface area contributed by atoms with E-state index in [1.165, 1.54) is 41.5 Å². The van der Waals surface area contributed by atoms with Gasteiger partial charge in [0.05, 0.1) is 57.8 Å². The summed E-state index contributed by atoms with van der Waals surface area (Å²) in [5.41, 5.74) is 16.9. The molecule has 2 aliphatic heterocycles. The normalized spacial score (nSPS) is 22.2. The summed E-state index contributed by atoms with van der Waals surface area (Å²) < 4.78 is 35.0. The van der Waals surface area contributed by atoms with E-state index in [9.17, 15) is 167 Å². The van der Waals surface area contributed by atoms with Crippen LogP contribution >= 0.6 is 0 Å². The van der Waals surface area contributed by atoms with Gasteiger partial charge in [0.1, 0.15) is 170 Å². The Labute approximate surface area is 850 Å². The molecule has 2 saturated heterocycles. The molecule has 2 heterocycles. The molecule has 33 atom stereocenters. The molecule has 61 heteroatoms. The predicted octanol–water partition coefficient (Wildman–Crippen LogP) is -17.6. The van der Waals surface area contributed by atoms with Gasteiger partial charge in [0.2, 0.25) is 118 Å². The van der Waals surface area contributed by atoms with E-state index in [0.717, 1.165) is 62.3 Å². The second-order valence-electron chi connectivity index (χ2n) is 35.8. The number of rotatable bonds is 67. The first-order chi connectivity index (χ1) is 69.1. The van der Waals surface area contributed by atoms with Crippen molar-refractivity contribution in [1.82, 2.24) is 95.7 Å². The van der Waals surface area contributed by atoms with Crippen molar-refractivity contribution in [1.29, 1.82) is 0 Å². The summed E-state index contributed by atoms with van der Waals surface area (Å²) in [6, 6.07) is -25.1. The van der Waals surface area contributed by atoms with Gasteiger partial charge in [-0.1, -0.05) is 0 Å². The van der Waals surface area contributed by atoms with Crippen molar-refractivity contribution in [3.05, 3.63) is 0 Å². The lowest BCUT2D eigenvalue weighted by Crippen LogP contribution is -2.67. The van der Waals surface area contributed by atoms with Crippen LogP contribution in [0.3, 0.4) is 0 Å². The molecule has 844 valence electrons. The van der Waals surface area contributed by atoms with Crippen molar-refractivity contribution in [3.63, 3.8) is 0 Å². The Kier molecular flexibility index (Phi) is 58.8. The highest BCUT2D eigenvalue weighted by molar-refractivity contribution is 5.98. The number of hydrogen-bond donors (Lipinski definition) is 34. The van der Waals surface area contributed by atoms with E-state index >= 15 is 0 Å². The molecule has 0 spiro atoms. The minimum absolute atomic E-state index is 0.000486. The largest absolute Gasteiger partial charge is 0.480 e. The molecule has 0 bridgehead atoms. The number of nitrogens with two attached hydrogens (primary N) is 3. The number of carbonyl (C=O) groups excluding carboxylic acids is 20. The van der Waals surface area contributed by atoms with E-state index in [2.05, 4.69) is 95.7 Å². The van der Waals surface area contributed by atoms with Gasteiger partial charge in [-0.05, 0) is 128 Å². The lowest BCUT2D eigenvalue weighted by atomic mass is 9.96. The van der Waals surface area contributed by atoms with Crippen molar-refractivity contribution in [2.75, 3.05) is 52.7 Å². The number of ether oxygens (including phenoxy) is 6. The monoisotopic (exact) mass is 2130 g/mol. The highest BCUT2D eigenvalue weighted by Crippen LogP contribution is 2.30. The van der Waals surface area contributed by atoms with Crippen LogP contribution in [0.1, 0.15) is 168 Å². The van der Waals surface area contributed by atoms with Crippen molar-refractivity contribution < 1.29 is 195 Å². The van der Waals surface area contributed by atoms with Gasteiger partial charge in [-0.2, -0.15) is 0 Å². The second kappa shape index (κ2) is 65.8. The molecule has 2 rings (SSSR count). The fraction of sp³-hybridized carbons (Fsp3) is 0.759. The zero-order valence-corrected chi connectivity index (χ0v) is 84.8. The minimum atomic E-state index is -2.05. The fourth-order valence-electron chi connectivity index (χ4n) is 14.5. The van der Waals surface area contributed by atoms with Gasteiger partial charge in [-0.25, -0.2) is 0 Å². The van der Waals surface area contributed by atoms with Crippen LogP contribution < -0.4 is 113 Å². The summed E-state index contributed by atoms with van der Waals surface area (Å²) in [6.45, 7) is 11.0. The number of carboxylic acid groups (broad SMARTS) is 1. The van der Waals surface area contributed by atoms with Crippen LogP contribution in [0.4, 0.5) is 0 Å². The van der Waals surface area contributed by atoms with E-state index in [-0.39, 0.29) is 51.6 Å². The van der Waals surface area contributed by atoms with Crippen LogP contribution in [0.15, 0.2) is 0 Å². The zero-order valence-electron chi connectivity index (χ0n) is 84.8. The molecule has 0 saturated carbocycles. The van der Waals surface area contributed by atoms with Crippen molar-refractivity contribution in [2.24, 2.45) is 17.2 Å². The number of carbonyl (C=O) groups is 21. The number of amides is 20. The van der Waals surface area contributed by atoms with Gasteiger partial charge in [0.25, 0.3) is 0 Å². The van der Waals surface area contributed by atoms with Crippen molar-refractivity contribution in [3.8, 4) is 0 Å². The number of unbranched alkanes of at least 4 members (excludes halogenated alkanes) is 2. The Balaban J connectivity index is 2.28. The molecule has 2 unspecified atom stereocenters. The standard InChI is InChI=1S/C87H151N21O40/c1-34(88)73(129)93-35(2)74(130)91-26-18-16-20-51(105-59(121)24-22-49(71(89)127)107-79(135)40(7)96-81(137)43(10)143-67(53(28-109)101-45(12)115)69(55(119)30-111)147-86-61(103-47(14)117)65(125)63(123)57(32-113)145-86)83(139)98-38(5)77(133)95-37(4)76(132)94-36(3)75(131)92-27-19-17-21-52(84(140)99-39(6)78(134)100-42(9)85(141)142)106-60(122)25-23-50(72(90)128)108-80(136)41(8)97-82(138)44(11)144-68(54(29-110)102-46(13)116)70(56(120)31-112)148-87-62(104-48(15)118)66(126)64(124)58(33-114)146-87/h34-44,49-58,61-70,86-87,109-114,119-120,123-126H,16-33,88H2,1-15H3,(H2,89,127)(H2,90,128)(H,91,130)(H,92,131)(H,93,129)(H,94,132)(H,95,133)(H,96,137)(H,97,138)(H,98,139)(H,99,140)(H,100,134)(H,101,115)(H,102,116)(H,103,117)(H,104,118)(H,105,121)(H,106,122)(H,107,135)(H,108,136)(H,141,142)/t34-,35-,36-,37-,38-,39-,40-,41-,42-,43-,44-,49-,50-,51-,52-,53?,54?,55+,56+,57+,58+,61+,62+,63+,64+,65+,66+,67-,68-,69+,70+,86-,87-/m0/s1. The summed E-state index contributed by atoms with van der Waals surface area (Å²) in [7, 11) is 0. The summed E-state index contributed by atoms with van der Waals surface area (Å²) in [6.07, 6.45) is -32.4. The summed E-state index contributed by atoms with van der Waals surface area (Å²) in [4.78, 5) is 275. The van der Waals surface area contributed by atoms with Crippen LogP contribution in [0, 0.1) is 0 Å². The van der Waals surface area contributed by atoms with Gasteiger partial charge in [-0.3, -0.25) is 101 Å². The van der Waals surface area contributed by atoms with Crippen LogP contribution in [0.5, 0.6) is 0 Å². The topological polar surface area (TPSA) is 971 Å². The third kappa shape index (κ3) is 44.9. The maximum absolute atomic E-state index is 14.1. The predicted molar refractivity (Wildman–Crippen MR) is 505 cm³/mol. The first-order valence-corrected chi connectivity index (χ1v) is 47.7. The molecule has 148 heavy (non-hydrogen) atoms. The third-order valence-electron chi connectivity index (χ3n) is 23.1. The van der Waals surface area contributed by atoms with Crippen LogP contribution in [-0.2, 0) is 129 Å². The molecule has 0 aromatic carbocycles. The Hall–Kier alpha value is -11.9. The molecule has 0 radical (unpaired) electrons. The van der Waals surface area contributed by atoms with Crippen molar-refractivity contribution >= 4 is 124 Å². The van der Waals surface area contributed by atoms with E-state index < -0.39 is 390 Å². The average molecular weight is 2130 g/mol. The molecule has 2 aliphatic rings. The lowest BCUT2D eigenvalue weighted by molar-refractivity contribution is -0.303. The van der Waals surface area contributed by atoms with Crippen LogP contribution in [-0.4, -0.2) is 444 Å². The number of primary amides is 2. The molecular weight excluding hydrogens is 1980 g/mol. The van der Waals surface area contributed by atoms with Crippen molar-refractivity contribution in [2.45, 2.75) is 369 Å². The molecule has 61 nitrogen and oxygen atoms in total. The number of hydrogen-bond acceptors (Lipinski definition) is 40. The van der Waals surface area contributed by atoms with Gasteiger partial charge in [0.15, 0.2) is 12.6 Å². The summed E-state index contributed by atoms with van der Waals surface area (Å²) in [5.74, 6) is -20.3. The van der Waals surface area contributed by atoms with E-state index in [1.807, 2.05) is 0 Å². The minimum Gasteiger partial charge on any atom is -0.480 e. The first kappa shape index (κ1) is 132. The second-order valence-corrected chi connectivity index (χ2v) is 35.8. The Morgan fingerprint density at radius 2 is 0.615 bits per heavy atom. The van der Waals surface area contributed by atoms with E-state index in [4.69, 9.17) is 45.6 Å². The van der Waals surface area contributed by atoms with Gasteiger partial charge in [0, 0.05) is 53.6 Å². The number of carboxylic acids is 1. The van der Waals surface area contributed by atoms with Gasteiger partial charge >= 0.3 is 5.97 Å². The first-order valence-electron chi connectivity index (χ1n) is 47.7. The molecule has 20 amide bonds.